The molecule has 14 heavy (non-hydrogen) atoms. The van der Waals surface area contributed by atoms with Crippen molar-refractivity contribution in [2.24, 2.45) is 5.92 Å². The van der Waals surface area contributed by atoms with Crippen LogP contribution in [0.4, 0.5) is 0 Å². The van der Waals surface area contributed by atoms with E-state index in [1.54, 1.807) is 18.9 Å². The zero-order valence-corrected chi connectivity index (χ0v) is 9.59. The number of rotatable bonds is 3. The highest BCUT2D eigenvalue weighted by molar-refractivity contribution is 6.30. The molecule has 0 N–H and O–H groups in total. The molecule has 3 nitrogen and oxygen atoms in total. The normalized spacial score (nSPS) is 24.4. The lowest BCUT2D eigenvalue weighted by Gasteiger charge is -2.27. The van der Waals surface area contributed by atoms with Crippen molar-refractivity contribution < 1.29 is 9.53 Å². The molecule has 4 heteroatoms. The average Bonchev–Trinajstić information content (AvgIpc) is 2.18. The lowest BCUT2D eigenvalue weighted by molar-refractivity contribution is -0.130. The molecule has 0 aromatic rings. The highest BCUT2D eigenvalue weighted by atomic mass is 35.5. The first-order valence-corrected chi connectivity index (χ1v) is 5.51. The first kappa shape index (κ1) is 11.8. The van der Waals surface area contributed by atoms with Gasteiger partial charge in [-0.25, -0.2) is 0 Å². The second-order valence-electron chi connectivity index (χ2n) is 3.92. The minimum Gasteiger partial charge on any atom is -0.381 e. The molecule has 0 radical (unpaired) electrons. The molecule has 82 valence electrons. The van der Waals surface area contributed by atoms with Gasteiger partial charge in [0, 0.05) is 20.2 Å². The summed E-state index contributed by atoms with van der Waals surface area (Å²) in [5.41, 5.74) is 0. The van der Waals surface area contributed by atoms with Crippen molar-refractivity contribution in [1.29, 1.82) is 0 Å². The second kappa shape index (κ2) is 5.56. The predicted molar refractivity (Wildman–Crippen MR) is 56.5 cm³/mol. The van der Waals surface area contributed by atoms with Crippen molar-refractivity contribution >= 4 is 17.5 Å². The number of nitrogens with zero attached hydrogens (tertiary/aromatic N) is 1. The van der Waals surface area contributed by atoms with E-state index in [9.17, 15) is 4.79 Å². The van der Waals surface area contributed by atoms with Gasteiger partial charge < -0.3 is 9.64 Å². The summed E-state index contributed by atoms with van der Waals surface area (Å²) in [6.07, 6.45) is 2.25. The Balaban J connectivity index is 2.31. The van der Waals surface area contributed by atoms with Gasteiger partial charge in [0.1, 0.15) is 5.38 Å². The molecule has 2 unspecified atom stereocenters. The maximum Gasteiger partial charge on any atom is 0.240 e. The van der Waals surface area contributed by atoms with Crippen LogP contribution in [0.2, 0.25) is 0 Å². The van der Waals surface area contributed by atoms with Crippen molar-refractivity contribution in [3.05, 3.63) is 0 Å². The lowest BCUT2D eigenvalue weighted by Crippen LogP contribution is -2.38. The van der Waals surface area contributed by atoms with Gasteiger partial charge in [0.05, 0.1) is 6.61 Å². The second-order valence-corrected chi connectivity index (χ2v) is 4.57. The van der Waals surface area contributed by atoms with E-state index in [2.05, 4.69) is 0 Å². The van der Waals surface area contributed by atoms with Crippen molar-refractivity contribution in [3.63, 3.8) is 0 Å². The van der Waals surface area contributed by atoms with Crippen LogP contribution in [0.5, 0.6) is 0 Å². The zero-order valence-electron chi connectivity index (χ0n) is 8.83. The molecule has 1 aliphatic heterocycles. The molecule has 0 aliphatic carbocycles. The molecule has 1 rings (SSSR count). The van der Waals surface area contributed by atoms with E-state index in [0.717, 1.165) is 32.6 Å². The van der Waals surface area contributed by atoms with E-state index in [1.165, 1.54) is 0 Å². The summed E-state index contributed by atoms with van der Waals surface area (Å²) >= 11 is 5.72. The summed E-state index contributed by atoms with van der Waals surface area (Å²) in [4.78, 5) is 13.2. The van der Waals surface area contributed by atoms with E-state index < -0.39 is 5.38 Å². The number of alkyl halides is 1. The molecule has 0 spiro atoms. The fraction of sp³-hybridized carbons (Fsp3) is 0.900. The van der Waals surface area contributed by atoms with Crippen LogP contribution in [0.25, 0.3) is 0 Å². The minimum atomic E-state index is -0.426. The fourth-order valence-corrected chi connectivity index (χ4v) is 1.90. The monoisotopic (exact) mass is 219 g/mol. The molecule has 1 heterocycles. The minimum absolute atomic E-state index is 0.00256. The average molecular weight is 220 g/mol. The molecule has 0 aromatic carbocycles. The molecule has 2 atom stereocenters. The summed E-state index contributed by atoms with van der Waals surface area (Å²) in [5, 5.41) is -0.426. The van der Waals surface area contributed by atoms with Crippen LogP contribution in [-0.2, 0) is 9.53 Å². The smallest absolute Gasteiger partial charge is 0.240 e. The maximum atomic E-state index is 11.5. The molecule has 0 aromatic heterocycles. The number of halogens is 1. The van der Waals surface area contributed by atoms with Crippen LogP contribution in [0, 0.1) is 5.92 Å². The van der Waals surface area contributed by atoms with Gasteiger partial charge in [0.2, 0.25) is 5.91 Å². The van der Waals surface area contributed by atoms with E-state index in [4.69, 9.17) is 16.3 Å². The highest BCUT2D eigenvalue weighted by Crippen LogP contribution is 2.15. The molecule has 0 bridgehead atoms. The number of hydrogen-bond donors (Lipinski definition) is 0. The van der Waals surface area contributed by atoms with Crippen molar-refractivity contribution in [1.82, 2.24) is 4.90 Å². The third-order valence-electron chi connectivity index (χ3n) is 2.50. The topological polar surface area (TPSA) is 29.5 Å². The van der Waals surface area contributed by atoms with Gasteiger partial charge in [-0.3, -0.25) is 4.79 Å². The Morgan fingerprint density at radius 2 is 2.43 bits per heavy atom. The standard InChI is InChI=1S/C10H18ClNO2/c1-8(11)10(13)12(2)6-9-4-3-5-14-7-9/h8-9H,3-7H2,1-2H3. The quantitative estimate of drug-likeness (QED) is 0.674. The van der Waals surface area contributed by atoms with Gasteiger partial charge in [-0.2, -0.15) is 0 Å². The van der Waals surface area contributed by atoms with E-state index in [0.29, 0.717) is 5.92 Å². The Labute approximate surface area is 90.4 Å². The predicted octanol–water partition coefficient (Wildman–Crippen LogP) is 1.50. The largest absolute Gasteiger partial charge is 0.381 e. The Morgan fingerprint density at radius 3 is 2.93 bits per heavy atom. The molecule has 1 saturated heterocycles. The molecule has 0 saturated carbocycles. The zero-order chi connectivity index (χ0) is 10.6. The van der Waals surface area contributed by atoms with Crippen LogP contribution >= 0.6 is 11.6 Å². The van der Waals surface area contributed by atoms with E-state index >= 15 is 0 Å². The first-order chi connectivity index (χ1) is 6.61. The summed E-state index contributed by atoms with van der Waals surface area (Å²) in [7, 11) is 1.80. The fourth-order valence-electron chi connectivity index (χ4n) is 1.73. The Morgan fingerprint density at radius 1 is 1.71 bits per heavy atom. The molecule has 1 fully saturated rings. The van der Waals surface area contributed by atoms with Crippen molar-refractivity contribution in [2.45, 2.75) is 25.1 Å². The van der Waals surface area contributed by atoms with Gasteiger partial charge >= 0.3 is 0 Å². The third kappa shape index (κ3) is 3.46. The van der Waals surface area contributed by atoms with E-state index in [1.807, 2.05) is 0 Å². The Hall–Kier alpha value is -0.280. The Bertz CT molecular complexity index is 191. The molecular weight excluding hydrogens is 202 g/mol. The van der Waals surface area contributed by atoms with Crippen LogP contribution in [-0.4, -0.2) is 43.0 Å². The van der Waals surface area contributed by atoms with Crippen LogP contribution in [0.1, 0.15) is 19.8 Å². The van der Waals surface area contributed by atoms with Crippen LogP contribution in [0.15, 0.2) is 0 Å². The number of carbonyl (C=O) groups is 1. The van der Waals surface area contributed by atoms with Gasteiger partial charge in [-0.15, -0.1) is 11.6 Å². The SMILES string of the molecule is CC(Cl)C(=O)N(C)CC1CCCOC1. The maximum absolute atomic E-state index is 11.5. The summed E-state index contributed by atoms with van der Waals surface area (Å²) in [6, 6.07) is 0. The van der Waals surface area contributed by atoms with Gasteiger partial charge in [-0.1, -0.05) is 0 Å². The lowest BCUT2D eigenvalue weighted by atomic mass is 10.0. The number of ether oxygens (including phenoxy) is 1. The molecule has 1 amide bonds. The van der Waals surface area contributed by atoms with Crippen LogP contribution < -0.4 is 0 Å². The Kier molecular flexibility index (Phi) is 4.69. The molecule has 1 aliphatic rings. The van der Waals surface area contributed by atoms with E-state index in [-0.39, 0.29) is 5.91 Å². The van der Waals surface area contributed by atoms with Gasteiger partial charge in [0.15, 0.2) is 0 Å². The third-order valence-corrected chi connectivity index (χ3v) is 2.69. The number of amides is 1. The summed E-state index contributed by atoms with van der Waals surface area (Å²) in [6.45, 7) is 4.10. The van der Waals surface area contributed by atoms with Crippen molar-refractivity contribution in [2.75, 3.05) is 26.8 Å². The van der Waals surface area contributed by atoms with Gasteiger partial charge in [-0.05, 0) is 25.7 Å². The first-order valence-electron chi connectivity index (χ1n) is 5.08. The highest BCUT2D eigenvalue weighted by Gasteiger charge is 2.20. The summed E-state index contributed by atoms with van der Waals surface area (Å²) in [5.74, 6) is 0.477. The molecular formula is C10H18ClNO2. The van der Waals surface area contributed by atoms with Crippen molar-refractivity contribution in [3.8, 4) is 0 Å². The van der Waals surface area contributed by atoms with Gasteiger partial charge in [0.25, 0.3) is 0 Å². The number of hydrogen-bond acceptors (Lipinski definition) is 2. The number of carbonyl (C=O) groups excluding carboxylic acids is 1. The van der Waals surface area contributed by atoms with Crippen LogP contribution in [0.3, 0.4) is 0 Å². The summed E-state index contributed by atoms with van der Waals surface area (Å²) < 4.78 is 5.35.